The highest BCUT2D eigenvalue weighted by Crippen LogP contribution is 2.24. The Balaban J connectivity index is 4.34. The van der Waals surface area contributed by atoms with E-state index in [2.05, 4.69) is 21.3 Å². The third-order valence-corrected chi connectivity index (χ3v) is 6.00. The van der Waals surface area contributed by atoms with Crippen molar-refractivity contribution in [2.45, 2.75) is 111 Å². The summed E-state index contributed by atoms with van der Waals surface area (Å²) < 4.78 is 0. The molecular formula is C25H46N4O5. The van der Waals surface area contributed by atoms with Crippen LogP contribution < -0.4 is 21.3 Å². The number of rotatable bonds is 18. The van der Waals surface area contributed by atoms with Crippen LogP contribution >= 0.6 is 0 Å². The highest BCUT2D eigenvalue weighted by atomic mass is 16.2. The molecule has 0 heterocycles. The Hall–Kier alpha value is -2.45. The number of unbranched alkanes of at least 4 members (excludes halogenated alkanes) is 4. The molecule has 4 N–H and O–H groups in total. The van der Waals surface area contributed by atoms with Gasteiger partial charge < -0.3 is 21.3 Å². The average Bonchev–Trinajstić information content (AvgIpc) is 2.76. The first kappa shape index (κ1) is 31.6. The molecule has 4 amide bonds. The van der Waals surface area contributed by atoms with E-state index in [4.69, 9.17) is 0 Å². The summed E-state index contributed by atoms with van der Waals surface area (Å²) in [7, 11) is 0. The van der Waals surface area contributed by atoms with Crippen LogP contribution in [-0.4, -0.2) is 54.6 Å². The molecule has 0 aliphatic rings. The summed E-state index contributed by atoms with van der Waals surface area (Å²) in [4.78, 5) is 59.3. The van der Waals surface area contributed by atoms with Crippen molar-refractivity contribution in [1.29, 1.82) is 0 Å². The molecule has 9 heteroatoms. The highest BCUT2D eigenvalue weighted by Gasteiger charge is 2.24. The molecule has 0 saturated heterocycles. The number of Topliss-reactive ketones (excluding diaryl/α,β-unsaturated/α-hetero) is 1. The van der Waals surface area contributed by atoms with Gasteiger partial charge in [-0.3, -0.25) is 24.0 Å². The summed E-state index contributed by atoms with van der Waals surface area (Å²) >= 11 is 0. The van der Waals surface area contributed by atoms with Crippen LogP contribution in [0.3, 0.4) is 0 Å². The van der Waals surface area contributed by atoms with Crippen LogP contribution in [0.1, 0.15) is 99.3 Å². The predicted molar refractivity (Wildman–Crippen MR) is 133 cm³/mol. The van der Waals surface area contributed by atoms with E-state index in [9.17, 15) is 24.0 Å². The molecule has 0 fully saturated rings. The maximum atomic E-state index is 12.7. The number of ketones is 1. The lowest BCUT2D eigenvalue weighted by atomic mass is 9.83. The molecule has 2 atom stereocenters. The summed E-state index contributed by atoms with van der Waals surface area (Å²) in [6.45, 7) is 11.4. The van der Waals surface area contributed by atoms with E-state index in [0.29, 0.717) is 32.4 Å². The number of hydrogen-bond donors (Lipinski definition) is 4. The van der Waals surface area contributed by atoms with Crippen LogP contribution in [0.5, 0.6) is 0 Å². The van der Waals surface area contributed by atoms with Crippen LogP contribution in [0.4, 0.5) is 0 Å². The number of carbonyl (C=O) groups excluding carboxylic acids is 5. The molecule has 0 aromatic rings. The molecule has 9 nitrogen and oxygen atoms in total. The summed E-state index contributed by atoms with van der Waals surface area (Å²) in [5.41, 5.74) is -0.276. The first-order valence-electron chi connectivity index (χ1n) is 12.5. The molecule has 0 spiro atoms. The van der Waals surface area contributed by atoms with Crippen LogP contribution in [-0.2, 0) is 24.0 Å². The van der Waals surface area contributed by atoms with Crippen LogP contribution in [0, 0.1) is 5.41 Å². The number of hydrogen-bond acceptors (Lipinski definition) is 5. The Bertz CT molecular complexity index is 678. The van der Waals surface area contributed by atoms with E-state index < -0.39 is 18.0 Å². The average molecular weight is 483 g/mol. The van der Waals surface area contributed by atoms with Gasteiger partial charge >= 0.3 is 0 Å². The topological polar surface area (TPSA) is 133 Å². The molecule has 0 saturated carbocycles. The number of nitrogens with one attached hydrogen (secondary N) is 4. The van der Waals surface area contributed by atoms with Gasteiger partial charge in [-0.25, -0.2) is 0 Å². The molecule has 0 aliphatic carbocycles. The highest BCUT2D eigenvalue weighted by molar-refractivity contribution is 5.91. The van der Waals surface area contributed by atoms with Gasteiger partial charge in [0.05, 0.1) is 0 Å². The largest absolute Gasteiger partial charge is 0.356 e. The van der Waals surface area contributed by atoms with Crippen molar-refractivity contribution in [3.63, 3.8) is 0 Å². The Labute approximate surface area is 205 Å². The van der Waals surface area contributed by atoms with E-state index in [0.717, 1.165) is 32.1 Å². The molecule has 2 unspecified atom stereocenters. The SMILES string of the molecule is CCC(=O)NC(CCCCNC(C)=O)C(=O)NC(C)C(=O)NCCCCCCC(C)(C)C(C)=O. The second-order valence-corrected chi connectivity index (χ2v) is 9.58. The van der Waals surface area contributed by atoms with Crippen molar-refractivity contribution in [3.05, 3.63) is 0 Å². The maximum absolute atomic E-state index is 12.7. The lowest BCUT2D eigenvalue weighted by Crippen LogP contribution is -2.52. The first-order chi connectivity index (χ1) is 15.9. The Morgan fingerprint density at radius 3 is 1.94 bits per heavy atom. The maximum Gasteiger partial charge on any atom is 0.243 e. The van der Waals surface area contributed by atoms with Gasteiger partial charge in [0, 0.05) is 31.8 Å². The van der Waals surface area contributed by atoms with E-state index in [1.807, 2.05) is 13.8 Å². The van der Waals surface area contributed by atoms with Crippen molar-refractivity contribution < 1.29 is 24.0 Å². The zero-order valence-corrected chi connectivity index (χ0v) is 22.0. The zero-order chi connectivity index (χ0) is 26.1. The zero-order valence-electron chi connectivity index (χ0n) is 22.0. The third-order valence-electron chi connectivity index (χ3n) is 6.00. The third kappa shape index (κ3) is 14.6. The monoisotopic (exact) mass is 482 g/mol. The smallest absolute Gasteiger partial charge is 0.243 e. The van der Waals surface area contributed by atoms with Crippen molar-refractivity contribution >= 4 is 29.4 Å². The van der Waals surface area contributed by atoms with Gasteiger partial charge in [-0.15, -0.1) is 0 Å². The minimum absolute atomic E-state index is 0.106. The standard InChI is InChI=1S/C25H46N4O5/c1-7-22(32)29-21(14-10-13-16-26-20(4)31)24(34)28-18(2)23(33)27-17-12-9-8-11-15-25(5,6)19(3)30/h18,21H,7-17H2,1-6H3,(H,26,31)(H,27,33)(H,28,34)(H,29,32). The minimum Gasteiger partial charge on any atom is -0.356 e. The molecule has 0 aromatic carbocycles. The fourth-order valence-electron chi connectivity index (χ4n) is 3.27. The van der Waals surface area contributed by atoms with Crippen molar-refractivity contribution in [2.75, 3.05) is 13.1 Å². The molecule has 0 rings (SSSR count). The van der Waals surface area contributed by atoms with E-state index in [1.165, 1.54) is 6.92 Å². The summed E-state index contributed by atoms with van der Waals surface area (Å²) in [6, 6.07) is -1.44. The predicted octanol–water partition coefficient (Wildman–Crippen LogP) is 2.37. The summed E-state index contributed by atoms with van der Waals surface area (Å²) in [6.07, 6.45) is 6.64. The van der Waals surface area contributed by atoms with Gasteiger partial charge in [-0.1, -0.05) is 40.0 Å². The van der Waals surface area contributed by atoms with Crippen molar-refractivity contribution in [2.24, 2.45) is 5.41 Å². The quantitative estimate of drug-likeness (QED) is 0.223. The van der Waals surface area contributed by atoms with Gasteiger partial charge in [0.2, 0.25) is 23.6 Å². The lowest BCUT2D eigenvalue weighted by molar-refractivity contribution is -0.131. The second-order valence-electron chi connectivity index (χ2n) is 9.58. The van der Waals surface area contributed by atoms with Gasteiger partial charge in [-0.05, 0) is 46.0 Å². The lowest BCUT2D eigenvalue weighted by Gasteiger charge is -2.21. The molecule has 0 aromatic heterocycles. The molecule has 0 aliphatic heterocycles. The molecule has 34 heavy (non-hydrogen) atoms. The Morgan fingerprint density at radius 1 is 0.765 bits per heavy atom. The molecule has 196 valence electrons. The van der Waals surface area contributed by atoms with E-state index in [-0.39, 0.29) is 35.3 Å². The first-order valence-corrected chi connectivity index (χ1v) is 12.5. The summed E-state index contributed by atoms with van der Waals surface area (Å²) in [5, 5.41) is 10.9. The Morgan fingerprint density at radius 2 is 1.35 bits per heavy atom. The molecular weight excluding hydrogens is 436 g/mol. The van der Waals surface area contributed by atoms with Gasteiger partial charge in [0.15, 0.2) is 0 Å². The van der Waals surface area contributed by atoms with E-state index in [1.54, 1.807) is 20.8 Å². The molecule has 0 radical (unpaired) electrons. The fourth-order valence-corrected chi connectivity index (χ4v) is 3.27. The molecule has 0 bridgehead atoms. The number of amides is 4. The Kier molecular flexibility index (Phi) is 15.8. The number of carbonyl (C=O) groups is 5. The van der Waals surface area contributed by atoms with Gasteiger partial charge in [0.1, 0.15) is 17.9 Å². The summed E-state index contributed by atoms with van der Waals surface area (Å²) in [5.74, 6) is -0.789. The van der Waals surface area contributed by atoms with Gasteiger partial charge in [-0.2, -0.15) is 0 Å². The second kappa shape index (κ2) is 17.1. The van der Waals surface area contributed by atoms with Crippen LogP contribution in [0.2, 0.25) is 0 Å². The fraction of sp³-hybridized carbons (Fsp3) is 0.800. The van der Waals surface area contributed by atoms with E-state index >= 15 is 0 Å². The van der Waals surface area contributed by atoms with Crippen LogP contribution in [0.25, 0.3) is 0 Å². The van der Waals surface area contributed by atoms with Gasteiger partial charge in [0.25, 0.3) is 0 Å². The van der Waals surface area contributed by atoms with Crippen molar-refractivity contribution in [3.8, 4) is 0 Å². The van der Waals surface area contributed by atoms with Crippen LogP contribution in [0.15, 0.2) is 0 Å². The minimum atomic E-state index is -0.723. The normalized spacial score (nSPS) is 12.9. The van der Waals surface area contributed by atoms with Crippen molar-refractivity contribution in [1.82, 2.24) is 21.3 Å².